The van der Waals surface area contributed by atoms with Crippen molar-refractivity contribution in [1.29, 1.82) is 0 Å². The molecule has 0 bridgehead atoms. The molecule has 3 rings (SSSR count). The average molecular weight is 416 g/mol. The van der Waals surface area contributed by atoms with E-state index in [1.807, 2.05) is 48.5 Å². The molecule has 0 aliphatic rings. The van der Waals surface area contributed by atoms with Crippen LogP contribution in [0.2, 0.25) is 0 Å². The van der Waals surface area contributed by atoms with E-state index in [0.29, 0.717) is 6.42 Å². The molecule has 160 valence electrons. The van der Waals surface area contributed by atoms with Crippen LogP contribution in [0.4, 0.5) is 8.78 Å². The Morgan fingerprint density at radius 2 is 1.83 bits per heavy atom. The second-order valence-electron chi connectivity index (χ2n) is 6.98. The quantitative estimate of drug-likeness (QED) is 0.529. The molecule has 0 saturated carbocycles. The summed E-state index contributed by atoms with van der Waals surface area (Å²) in [5.74, 6) is 0.450. The zero-order valence-electron chi connectivity index (χ0n) is 17.2. The van der Waals surface area contributed by atoms with Crippen molar-refractivity contribution in [2.75, 3.05) is 33.9 Å². The number of amides is 1. The first kappa shape index (κ1) is 21.8. The monoisotopic (exact) mass is 416 g/mol. The molecule has 2 aromatic carbocycles. The Morgan fingerprint density at radius 1 is 1.10 bits per heavy atom. The number of fused-ring (bicyclic) bond motifs is 1. The molecule has 5 nitrogen and oxygen atoms in total. The van der Waals surface area contributed by atoms with Crippen LogP contribution in [0.3, 0.4) is 0 Å². The largest absolute Gasteiger partial charge is 0.497 e. The molecule has 0 aliphatic heterocycles. The molecule has 1 amide bonds. The van der Waals surface area contributed by atoms with Gasteiger partial charge in [-0.25, -0.2) is 8.78 Å². The lowest BCUT2D eigenvalue weighted by Crippen LogP contribution is -2.37. The molecule has 0 unspecified atom stereocenters. The van der Waals surface area contributed by atoms with Crippen LogP contribution in [-0.4, -0.2) is 56.1 Å². The molecule has 1 N–H and O–H groups in total. The van der Waals surface area contributed by atoms with E-state index in [9.17, 15) is 13.6 Å². The maximum absolute atomic E-state index is 12.9. The van der Waals surface area contributed by atoms with Gasteiger partial charge in [0, 0.05) is 36.7 Å². The van der Waals surface area contributed by atoms with E-state index < -0.39 is 13.0 Å². The van der Waals surface area contributed by atoms with Crippen molar-refractivity contribution in [3.63, 3.8) is 0 Å². The standard InChI is InChI=1S/C23H26F2N2O3/c1-29-14-13-27(15-21(24)25)22(28)12-11-19-18-5-3-4-6-20(18)26-23(19)16-7-9-17(30-2)10-8-16/h3-10,21,26H,11-15H2,1-2H3. The number of ether oxygens (including phenoxy) is 2. The maximum Gasteiger partial charge on any atom is 0.255 e. The third-order valence-corrected chi connectivity index (χ3v) is 5.06. The van der Waals surface area contributed by atoms with Crippen molar-refractivity contribution in [3.8, 4) is 17.0 Å². The van der Waals surface area contributed by atoms with Crippen LogP contribution in [0.25, 0.3) is 22.2 Å². The first-order valence-corrected chi connectivity index (χ1v) is 9.82. The molecular formula is C23H26F2N2O3. The number of aryl methyl sites for hydroxylation is 1. The number of nitrogens with zero attached hydrogens (tertiary/aromatic N) is 1. The number of hydrogen-bond donors (Lipinski definition) is 1. The van der Waals surface area contributed by atoms with Gasteiger partial charge in [-0.1, -0.05) is 18.2 Å². The van der Waals surface area contributed by atoms with Crippen LogP contribution in [0.5, 0.6) is 5.75 Å². The number of aromatic nitrogens is 1. The number of rotatable bonds is 10. The van der Waals surface area contributed by atoms with Crippen LogP contribution in [-0.2, 0) is 16.0 Å². The minimum Gasteiger partial charge on any atom is -0.497 e. The van der Waals surface area contributed by atoms with E-state index in [1.165, 1.54) is 12.0 Å². The minimum atomic E-state index is -2.58. The van der Waals surface area contributed by atoms with Gasteiger partial charge in [0.25, 0.3) is 6.43 Å². The van der Waals surface area contributed by atoms with Gasteiger partial charge in [-0.3, -0.25) is 4.79 Å². The number of para-hydroxylation sites is 1. The molecular weight excluding hydrogens is 390 g/mol. The number of halogens is 2. The molecule has 3 aromatic rings. The normalized spacial score (nSPS) is 11.2. The van der Waals surface area contributed by atoms with Gasteiger partial charge in [-0.05, 0) is 47.9 Å². The van der Waals surface area contributed by atoms with Crippen molar-refractivity contribution < 1.29 is 23.0 Å². The Kier molecular flexibility index (Phi) is 7.41. The topological polar surface area (TPSA) is 54.6 Å². The van der Waals surface area contributed by atoms with Crippen LogP contribution in [0, 0.1) is 0 Å². The van der Waals surface area contributed by atoms with Gasteiger partial charge >= 0.3 is 0 Å². The van der Waals surface area contributed by atoms with Crippen LogP contribution < -0.4 is 4.74 Å². The molecule has 7 heteroatoms. The van der Waals surface area contributed by atoms with Gasteiger partial charge in [-0.2, -0.15) is 0 Å². The summed E-state index contributed by atoms with van der Waals surface area (Å²) >= 11 is 0. The van der Waals surface area contributed by atoms with Gasteiger partial charge in [0.1, 0.15) is 5.75 Å². The first-order chi connectivity index (χ1) is 14.5. The van der Waals surface area contributed by atoms with E-state index in [4.69, 9.17) is 9.47 Å². The molecule has 0 saturated heterocycles. The van der Waals surface area contributed by atoms with Gasteiger partial charge in [0.05, 0.1) is 20.3 Å². The third-order valence-electron chi connectivity index (χ3n) is 5.06. The van der Waals surface area contributed by atoms with E-state index in [0.717, 1.165) is 33.5 Å². The summed E-state index contributed by atoms with van der Waals surface area (Å²) in [6.07, 6.45) is -1.99. The zero-order chi connectivity index (χ0) is 21.5. The molecule has 30 heavy (non-hydrogen) atoms. The lowest BCUT2D eigenvalue weighted by atomic mass is 10.0. The number of nitrogens with one attached hydrogen (secondary N) is 1. The molecule has 0 fully saturated rings. The summed E-state index contributed by atoms with van der Waals surface area (Å²) in [6.45, 7) is -0.205. The highest BCUT2D eigenvalue weighted by Gasteiger charge is 2.20. The summed E-state index contributed by atoms with van der Waals surface area (Å²) in [4.78, 5) is 17.3. The fourth-order valence-electron chi connectivity index (χ4n) is 3.54. The molecule has 0 aliphatic carbocycles. The zero-order valence-corrected chi connectivity index (χ0v) is 17.2. The first-order valence-electron chi connectivity index (χ1n) is 9.82. The highest BCUT2D eigenvalue weighted by Crippen LogP contribution is 2.32. The molecule has 0 atom stereocenters. The number of hydrogen-bond acceptors (Lipinski definition) is 3. The fourth-order valence-corrected chi connectivity index (χ4v) is 3.54. The van der Waals surface area contributed by atoms with E-state index >= 15 is 0 Å². The van der Waals surface area contributed by atoms with Gasteiger partial charge in [-0.15, -0.1) is 0 Å². The summed E-state index contributed by atoms with van der Waals surface area (Å²) in [6, 6.07) is 15.5. The van der Waals surface area contributed by atoms with Crippen molar-refractivity contribution in [1.82, 2.24) is 9.88 Å². The Balaban J connectivity index is 1.86. The number of H-pyrrole nitrogens is 1. The van der Waals surface area contributed by atoms with Crippen LogP contribution in [0.1, 0.15) is 12.0 Å². The Hall–Kier alpha value is -2.93. The van der Waals surface area contributed by atoms with E-state index in [1.54, 1.807) is 7.11 Å². The number of carbonyl (C=O) groups excluding carboxylic acids is 1. The number of aromatic amines is 1. The van der Waals surface area contributed by atoms with Crippen molar-refractivity contribution in [2.24, 2.45) is 0 Å². The van der Waals surface area contributed by atoms with E-state index in [-0.39, 0.29) is 25.5 Å². The lowest BCUT2D eigenvalue weighted by Gasteiger charge is -2.22. The number of alkyl halides is 2. The summed E-state index contributed by atoms with van der Waals surface area (Å²) < 4.78 is 36.0. The van der Waals surface area contributed by atoms with Crippen LogP contribution >= 0.6 is 0 Å². The van der Waals surface area contributed by atoms with Crippen molar-refractivity contribution in [2.45, 2.75) is 19.3 Å². The number of benzene rings is 2. The summed E-state index contributed by atoms with van der Waals surface area (Å²) in [7, 11) is 3.10. The second-order valence-corrected chi connectivity index (χ2v) is 6.98. The Labute approximate surface area is 174 Å². The van der Waals surface area contributed by atoms with Crippen molar-refractivity contribution in [3.05, 3.63) is 54.1 Å². The van der Waals surface area contributed by atoms with Gasteiger partial charge in [0.2, 0.25) is 5.91 Å². The number of methoxy groups -OCH3 is 2. The Morgan fingerprint density at radius 3 is 2.50 bits per heavy atom. The smallest absolute Gasteiger partial charge is 0.255 e. The SMILES string of the molecule is COCCN(CC(F)F)C(=O)CCc1c(-c2ccc(OC)cc2)[nH]c2ccccc12. The second kappa shape index (κ2) is 10.2. The third kappa shape index (κ3) is 5.16. The summed E-state index contributed by atoms with van der Waals surface area (Å²) in [5, 5.41) is 1.02. The fraction of sp³-hybridized carbons (Fsp3) is 0.348. The highest BCUT2D eigenvalue weighted by molar-refractivity contribution is 5.91. The molecule has 0 radical (unpaired) electrons. The maximum atomic E-state index is 12.9. The Bertz CT molecular complexity index is 970. The average Bonchev–Trinajstić information content (AvgIpc) is 3.13. The molecule has 0 spiro atoms. The highest BCUT2D eigenvalue weighted by atomic mass is 19.3. The summed E-state index contributed by atoms with van der Waals surface area (Å²) in [5.41, 5.74) is 3.85. The van der Waals surface area contributed by atoms with Gasteiger partial charge < -0.3 is 19.4 Å². The molecule has 1 heterocycles. The van der Waals surface area contributed by atoms with Crippen LogP contribution in [0.15, 0.2) is 48.5 Å². The van der Waals surface area contributed by atoms with Gasteiger partial charge in [0.15, 0.2) is 0 Å². The van der Waals surface area contributed by atoms with Crippen molar-refractivity contribution >= 4 is 16.8 Å². The lowest BCUT2D eigenvalue weighted by molar-refractivity contribution is -0.133. The van der Waals surface area contributed by atoms with E-state index in [2.05, 4.69) is 4.98 Å². The molecule has 1 aromatic heterocycles. The number of carbonyl (C=O) groups is 1. The minimum absolute atomic E-state index is 0.140. The predicted molar refractivity (Wildman–Crippen MR) is 113 cm³/mol. The predicted octanol–water partition coefficient (Wildman–Crippen LogP) is 4.52.